The Kier molecular flexibility index (Phi) is 10.5. The van der Waals surface area contributed by atoms with E-state index < -0.39 is 23.8 Å². The van der Waals surface area contributed by atoms with Gasteiger partial charge in [-0.2, -0.15) is 0 Å². The SMILES string of the molecule is CC(=O)c1c(C)nc2ccccc2c1NCc1ccc(CC[C@@]2(O)CC[C@@]3(C)C(C[C@@H](O)C4C3C[C@H](O)[C@@]3(C)C4CC[C@@H]3[C@H](C)CCC(=O)O)C2)cc1F. The minimum atomic E-state index is -0.920. The standard InChI is InChI=1S/C45H59FN2O6/c1-25(10-15-39(52)53)32-13-14-33-41-34(22-38(51)44(32,33)5)43(4)18-19-45(54,23-30(43)21-37(41)50)17-16-28-11-12-29(35(46)20-28)24-47-42-31-8-6-7-9-36(31)48-26(2)40(42)27(3)49/h6-9,11-12,20,25,30,32-34,37-38,41,50-51,54H,10,13-19,21-24H2,1-5H3,(H,47,48)(H,52,53)/t25-,30?,32-,33?,34?,37-,38+,41?,43+,44-,45-/m1/s1. The van der Waals surface area contributed by atoms with Crippen LogP contribution in [-0.4, -0.2) is 55.0 Å². The highest BCUT2D eigenvalue weighted by atomic mass is 19.1. The Hall–Kier alpha value is -3.40. The number of para-hydroxylation sites is 1. The number of carboxylic acid groups (broad SMARTS) is 1. The molecule has 9 heteroatoms. The third-order valence-corrected chi connectivity index (χ3v) is 15.4. The van der Waals surface area contributed by atoms with Gasteiger partial charge in [-0.3, -0.25) is 14.6 Å². The molecule has 0 radical (unpaired) electrons. The maximum atomic E-state index is 15.6. The van der Waals surface area contributed by atoms with Crippen molar-refractivity contribution >= 4 is 28.3 Å². The molecule has 5 N–H and O–H groups in total. The molecule has 7 rings (SSSR count). The largest absolute Gasteiger partial charge is 0.481 e. The van der Waals surface area contributed by atoms with Gasteiger partial charge in [0.1, 0.15) is 5.82 Å². The number of carboxylic acids is 1. The number of carbonyl (C=O) groups excluding carboxylic acids is 1. The van der Waals surface area contributed by atoms with Crippen LogP contribution in [0, 0.1) is 59.1 Å². The maximum absolute atomic E-state index is 15.6. The number of nitrogens with zero attached hydrogens (tertiary/aromatic N) is 1. The van der Waals surface area contributed by atoms with Crippen molar-refractivity contribution in [3.05, 3.63) is 70.7 Å². The molecule has 292 valence electrons. The number of hydrogen-bond donors (Lipinski definition) is 5. The molecule has 4 fully saturated rings. The Balaban J connectivity index is 1.00. The first-order valence-electron chi connectivity index (χ1n) is 20.3. The number of ketones is 1. The molecule has 4 saturated carbocycles. The topological polar surface area (TPSA) is 140 Å². The van der Waals surface area contributed by atoms with Gasteiger partial charge in [0.25, 0.3) is 0 Å². The molecule has 0 bridgehead atoms. The van der Waals surface area contributed by atoms with E-state index in [1.54, 1.807) is 12.1 Å². The van der Waals surface area contributed by atoms with Gasteiger partial charge in [0.15, 0.2) is 5.78 Å². The summed E-state index contributed by atoms with van der Waals surface area (Å²) in [6.07, 6.45) is 5.97. The number of aliphatic hydroxyl groups is 3. The van der Waals surface area contributed by atoms with Crippen molar-refractivity contribution in [2.45, 2.75) is 130 Å². The van der Waals surface area contributed by atoms with Gasteiger partial charge in [-0.25, -0.2) is 4.39 Å². The summed E-state index contributed by atoms with van der Waals surface area (Å²) < 4.78 is 15.6. The summed E-state index contributed by atoms with van der Waals surface area (Å²) in [5, 5.41) is 49.2. The predicted octanol–water partition coefficient (Wildman–Crippen LogP) is 8.26. The molecule has 11 atom stereocenters. The van der Waals surface area contributed by atoms with Gasteiger partial charge in [-0.1, -0.05) is 51.1 Å². The molecule has 8 nitrogen and oxygen atoms in total. The molecule has 0 saturated heterocycles. The molecule has 0 spiro atoms. The number of benzene rings is 2. The fraction of sp³-hybridized carbons (Fsp3) is 0.622. The van der Waals surface area contributed by atoms with Crippen LogP contribution in [0.5, 0.6) is 0 Å². The molecule has 4 aliphatic rings. The van der Waals surface area contributed by atoms with Crippen LogP contribution >= 0.6 is 0 Å². The fourth-order valence-corrected chi connectivity index (χ4v) is 12.4. The molecule has 3 aromatic rings. The summed E-state index contributed by atoms with van der Waals surface area (Å²) in [7, 11) is 0. The van der Waals surface area contributed by atoms with Crippen LogP contribution in [0.25, 0.3) is 10.9 Å². The van der Waals surface area contributed by atoms with Crippen molar-refractivity contribution in [2.75, 3.05) is 5.32 Å². The number of aliphatic hydroxyl groups excluding tert-OH is 2. The number of hydrogen-bond acceptors (Lipinski definition) is 7. The summed E-state index contributed by atoms with van der Waals surface area (Å²) in [4.78, 5) is 28.5. The van der Waals surface area contributed by atoms with E-state index >= 15 is 4.39 Å². The highest BCUT2D eigenvalue weighted by molar-refractivity contribution is 6.08. The van der Waals surface area contributed by atoms with Crippen molar-refractivity contribution in [1.29, 1.82) is 0 Å². The summed E-state index contributed by atoms with van der Waals surface area (Å²) in [6, 6.07) is 12.9. The summed E-state index contributed by atoms with van der Waals surface area (Å²) in [5.74, 6) is -0.240. The third kappa shape index (κ3) is 6.76. The summed E-state index contributed by atoms with van der Waals surface area (Å²) >= 11 is 0. The molecular formula is C45H59FN2O6. The van der Waals surface area contributed by atoms with Crippen molar-refractivity contribution < 1.29 is 34.4 Å². The van der Waals surface area contributed by atoms with Crippen LogP contribution in [-0.2, 0) is 17.8 Å². The molecule has 0 amide bonds. The monoisotopic (exact) mass is 742 g/mol. The van der Waals surface area contributed by atoms with Gasteiger partial charge in [0, 0.05) is 23.9 Å². The zero-order valence-corrected chi connectivity index (χ0v) is 32.6. The van der Waals surface area contributed by atoms with Crippen LogP contribution in [0.4, 0.5) is 10.1 Å². The maximum Gasteiger partial charge on any atom is 0.303 e. The second-order valence-electron chi connectivity index (χ2n) is 18.2. The second kappa shape index (κ2) is 14.6. The number of fused-ring (bicyclic) bond motifs is 6. The number of aryl methyl sites for hydroxylation is 2. The van der Waals surface area contributed by atoms with Gasteiger partial charge in [0.05, 0.1) is 40.3 Å². The first-order valence-corrected chi connectivity index (χ1v) is 20.3. The lowest BCUT2D eigenvalue weighted by Crippen LogP contribution is -2.63. The first-order chi connectivity index (χ1) is 25.6. The molecule has 54 heavy (non-hydrogen) atoms. The van der Waals surface area contributed by atoms with Crippen LogP contribution < -0.4 is 5.32 Å². The van der Waals surface area contributed by atoms with Crippen molar-refractivity contribution in [3.63, 3.8) is 0 Å². The second-order valence-corrected chi connectivity index (χ2v) is 18.2. The number of rotatable bonds is 11. The van der Waals surface area contributed by atoms with Crippen molar-refractivity contribution in [1.82, 2.24) is 4.98 Å². The number of aromatic nitrogens is 1. The Labute approximate surface area is 319 Å². The molecule has 0 aliphatic heterocycles. The van der Waals surface area contributed by atoms with E-state index in [1.165, 1.54) is 6.92 Å². The lowest BCUT2D eigenvalue weighted by Gasteiger charge is -2.64. The number of anilines is 1. The third-order valence-electron chi connectivity index (χ3n) is 15.4. The fourth-order valence-electron chi connectivity index (χ4n) is 12.4. The Morgan fingerprint density at radius 3 is 2.54 bits per heavy atom. The van der Waals surface area contributed by atoms with Gasteiger partial charge in [0.2, 0.25) is 0 Å². The van der Waals surface area contributed by atoms with E-state index in [0.717, 1.165) is 35.7 Å². The van der Waals surface area contributed by atoms with Crippen LogP contribution in [0.15, 0.2) is 42.5 Å². The molecule has 4 aliphatic carbocycles. The molecule has 2 aromatic carbocycles. The average Bonchev–Trinajstić information content (AvgIpc) is 3.48. The lowest BCUT2D eigenvalue weighted by atomic mass is 9.42. The predicted molar refractivity (Wildman–Crippen MR) is 208 cm³/mol. The quantitative estimate of drug-likeness (QED) is 0.124. The van der Waals surface area contributed by atoms with E-state index in [0.29, 0.717) is 67.5 Å². The summed E-state index contributed by atoms with van der Waals surface area (Å²) in [6.45, 7) is 10.2. The van der Waals surface area contributed by atoms with Crippen LogP contribution in [0.1, 0.15) is 119 Å². The Morgan fingerprint density at radius 1 is 1.06 bits per heavy atom. The minimum Gasteiger partial charge on any atom is -0.481 e. The molecular weight excluding hydrogens is 684 g/mol. The number of carbonyl (C=O) groups is 2. The number of aliphatic carboxylic acids is 1. The van der Waals surface area contributed by atoms with E-state index in [1.807, 2.05) is 37.3 Å². The lowest BCUT2D eigenvalue weighted by molar-refractivity contribution is -0.216. The van der Waals surface area contributed by atoms with Gasteiger partial charge >= 0.3 is 5.97 Å². The number of nitrogens with one attached hydrogen (secondary N) is 1. The van der Waals surface area contributed by atoms with Crippen LogP contribution in [0.2, 0.25) is 0 Å². The van der Waals surface area contributed by atoms with Gasteiger partial charge in [-0.15, -0.1) is 0 Å². The zero-order chi connectivity index (χ0) is 38.7. The smallest absolute Gasteiger partial charge is 0.303 e. The number of halogens is 1. The van der Waals surface area contributed by atoms with E-state index in [-0.39, 0.29) is 70.9 Å². The van der Waals surface area contributed by atoms with Gasteiger partial charge in [-0.05, 0) is 142 Å². The van der Waals surface area contributed by atoms with Crippen molar-refractivity contribution in [2.24, 2.45) is 46.3 Å². The highest BCUT2D eigenvalue weighted by Gasteiger charge is 2.66. The Bertz CT molecular complexity index is 1920. The highest BCUT2D eigenvalue weighted by Crippen LogP contribution is 2.69. The van der Waals surface area contributed by atoms with Crippen molar-refractivity contribution in [3.8, 4) is 0 Å². The van der Waals surface area contributed by atoms with E-state index in [4.69, 9.17) is 0 Å². The molecule has 1 heterocycles. The average molecular weight is 743 g/mol. The molecule has 1 aromatic heterocycles. The van der Waals surface area contributed by atoms with E-state index in [2.05, 4.69) is 31.1 Å². The van der Waals surface area contributed by atoms with E-state index in [9.17, 15) is 30.0 Å². The zero-order valence-electron chi connectivity index (χ0n) is 32.6. The van der Waals surface area contributed by atoms with Gasteiger partial charge < -0.3 is 25.7 Å². The summed E-state index contributed by atoms with van der Waals surface area (Å²) in [5.41, 5.74) is 2.50. The Morgan fingerprint density at radius 2 is 1.81 bits per heavy atom. The minimum absolute atomic E-state index is 0.0915. The molecule has 4 unspecified atom stereocenters. The number of Topliss-reactive ketones (excluding diaryl/α,β-unsaturated/α-hetero) is 1. The number of pyridine rings is 1. The normalized spacial score (nSPS) is 35.2. The van der Waals surface area contributed by atoms with Crippen LogP contribution in [0.3, 0.4) is 0 Å². The first kappa shape index (κ1) is 38.9.